The monoisotopic (exact) mass is 317 g/mol. The summed E-state index contributed by atoms with van der Waals surface area (Å²) >= 11 is 9.34. The van der Waals surface area contributed by atoms with Crippen molar-refractivity contribution >= 4 is 33.5 Å². The molecule has 1 heterocycles. The van der Waals surface area contributed by atoms with Gasteiger partial charge in [0.25, 0.3) is 0 Å². The third kappa shape index (κ3) is 3.81. The Labute approximate surface area is 116 Å². The second kappa shape index (κ2) is 6.55. The van der Waals surface area contributed by atoms with Gasteiger partial charge in [0.05, 0.1) is 4.47 Å². The van der Waals surface area contributed by atoms with Crippen molar-refractivity contribution in [1.82, 2.24) is 9.97 Å². The van der Waals surface area contributed by atoms with Gasteiger partial charge in [0, 0.05) is 24.8 Å². The van der Waals surface area contributed by atoms with Crippen molar-refractivity contribution in [3.05, 3.63) is 16.9 Å². The highest BCUT2D eigenvalue weighted by molar-refractivity contribution is 9.10. The lowest BCUT2D eigenvalue weighted by Gasteiger charge is -2.30. The van der Waals surface area contributed by atoms with E-state index in [1.54, 1.807) is 12.4 Å². The predicted molar refractivity (Wildman–Crippen MR) is 74.4 cm³/mol. The fourth-order valence-corrected chi connectivity index (χ4v) is 2.99. The average molecular weight is 319 g/mol. The van der Waals surface area contributed by atoms with E-state index in [2.05, 4.69) is 31.2 Å². The van der Waals surface area contributed by atoms with Crippen LogP contribution in [0.2, 0.25) is 0 Å². The predicted octanol–water partition coefficient (Wildman–Crippen LogP) is 3.70. The Hall–Kier alpha value is -0.350. The summed E-state index contributed by atoms with van der Waals surface area (Å²) in [5.74, 6) is 2.78. The molecule has 0 bridgehead atoms. The Balaban J connectivity index is 1.86. The third-order valence-electron chi connectivity index (χ3n) is 3.41. The molecule has 2 atom stereocenters. The average Bonchev–Trinajstić information content (AvgIpc) is 2.38. The van der Waals surface area contributed by atoms with E-state index < -0.39 is 0 Å². The van der Waals surface area contributed by atoms with Crippen molar-refractivity contribution in [2.75, 3.05) is 17.7 Å². The van der Waals surface area contributed by atoms with E-state index in [1.165, 1.54) is 25.7 Å². The first kappa shape index (κ1) is 13.1. The molecular formula is C12H17BrClN3. The molecule has 1 saturated carbocycles. The van der Waals surface area contributed by atoms with Crippen molar-refractivity contribution in [1.29, 1.82) is 0 Å². The van der Waals surface area contributed by atoms with E-state index in [9.17, 15) is 0 Å². The zero-order valence-corrected chi connectivity index (χ0v) is 12.0. The summed E-state index contributed by atoms with van der Waals surface area (Å²) in [4.78, 5) is 8.42. The minimum Gasteiger partial charge on any atom is -0.354 e. The second-order valence-electron chi connectivity index (χ2n) is 4.56. The van der Waals surface area contributed by atoms with Crippen molar-refractivity contribution in [2.45, 2.75) is 25.7 Å². The number of nitrogens with one attached hydrogen (secondary N) is 1. The highest BCUT2D eigenvalue weighted by Crippen LogP contribution is 2.30. The molecule has 0 spiro atoms. The van der Waals surface area contributed by atoms with Crippen LogP contribution in [-0.4, -0.2) is 22.4 Å². The van der Waals surface area contributed by atoms with E-state index in [4.69, 9.17) is 11.6 Å². The lowest BCUT2D eigenvalue weighted by Crippen LogP contribution is -2.27. The first-order valence-electron chi connectivity index (χ1n) is 6.07. The molecule has 0 aromatic carbocycles. The number of anilines is 1. The van der Waals surface area contributed by atoms with Crippen LogP contribution in [0, 0.1) is 11.8 Å². The minimum absolute atomic E-state index is 0.647. The molecule has 5 heteroatoms. The van der Waals surface area contributed by atoms with Gasteiger partial charge in [-0.15, -0.1) is 11.6 Å². The number of aromatic nitrogens is 2. The number of hydrogen-bond donors (Lipinski definition) is 1. The standard InChI is InChI=1S/C12H17BrClN3/c13-11-7-16-12(17-8-11)15-6-10-4-2-1-3-9(10)5-14/h7-10H,1-6H2,(H,15,16,17). The summed E-state index contributed by atoms with van der Waals surface area (Å²) in [6.45, 7) is 0.930. The maximum absolute atomic E-state index is 6.01. The highest BCUT2D eigenvalue weighted by atomic mass is 79.9. The van der Waals surface area contributed by atoms with Gasteiger partial charge < -0.3 is 5.32 Å². The SMILES string of the molecule is ClCC1CCCCC1CNc1ncc(Br)cn1. The third-order valence-corrected chi connectivity index (χ3v) is 4.21. The van der Waals surface area contributed by atoms with Crippen LogP contribution in [0.1, 0.15) is 25.7 Å². The zero-order valence-electron chi connectivity index (χ0n) is 9.70. The Bertz CT molecular complexity index is 344. The highest BCUT2D eigenvalue weighted by Gasteiger charge is 2.24. The Morgan fingerprint density at radius 3 is 2.53 bits per heavy atom. The summed E-state index contributed by atoms with van der Waals surface area (Å²) < 4.78 is 0.902. The van der Waals surface area contributed by atoms with Crippen molar-refractivity contribution in [2.24, 2.45) is 11.8 Å². The Morgan fingerprint density at radius 2 is 1.88 bits per heavy atom. The lowest BCUT2D eigenvalue weighted by molar-refractivity contribution is 0.271. The van der Waals surface area contributed by atoms with Crippen LogP contribution in [0.3, 0.4) is 0 Å². The molecular weight excluding hydrogens is 302 g/mol. The van der Waals surface area contributed by atoms with Gasteiger partial charge >= 0.3 is 0 Å². The van der Waals surface area contributed by atoms with Gasteiger partial charge in [-0.25, -0.2) is 9.97 Å². The number of hydrogen-bond acceptors (Lipinski definition) is 3. The van der Waals surface area contributed by atoms with Crippen LogP contribution in [0.5, 0.6) is 0 Å². The van der Waals surface area contributed by atoms with Crippen LogP contribution in [0.25, 0.3) is 0 Å². The van der Waals surface area contributed by atoms with Crippen molar-refractivity contribution in [3.63, 3.8) is 0 Å². The summed E-state index contributed by atoms with van der Waals surface area (Å²) in [6, 6.07) is 0. The van der Waals surface area contributed by atoms with Crippen LogP contribution < -0.4 is 5.32 Å². The molecule has 1 aromatic heterocycles. The van der Waals surface area contributed by atoms with Gasteiger partial charge in [-0.05, 0) is 40.6 Å². The number of nitrogens with zero attached hydrogens (tertiary/aromatic N) is 2. The second-order valence-corrected chi connectivity index (χ2v) is 5.79. The zero-order chi connectivity index (χ0) is 12.1. The van der Waals surface area contributed by atoms with Crippen molar-refractivity contribution < 1.29 is 0 Å². The van der Waals surface area contributed by atoms with Crippen LogP contribution in [0.15, 0.2) is 16.9 Å². The maximum atomic E-state index is 6.01. The fraction of sp³-hybridized carbons (Fsp3) is 0.667. The smallest absolute Gasteiger partial charge is 0.222 e. The van der Waals surface area contributed by atoms with Gasteiger partial charge in [-0.3, -0.25) is 0 Å². The molecule has 1 fully saturated rings. The normalized spacial score (nSPS) is 24.6. The molecule has 0 saturated heterocycles. The molecule has 94 valence electrons. The van der Waals surface area contributed by atoms with Gasteiger partial charge in [-0.1, -0.05) is 12.8 Å². The van der Waals surface area contributed by atoms with Crippen LogP contribution >= 0.6 is 27.5 Å². The topological polar surface area (TPSA) is 37.8 Å². The molecule has 2 rings (SSSR count). The van der Waals surface area contributed by atoms with E-state index in [1.807, 2.05) is 0 Å². The fourth-order valence-electron chi connectivity index (χ4n) is 2.38. The van der Waals surface area contributed by atoms with E-state index in [0.717, 1.165) is 16.9 Å². The summed E-state index contributed by atoms with van der Waals surface area (Å²) in [5.41, 5.74) is 0. The van der Waals surface area contributed by atoms with Gasteiger partial charge in [-0.2, -0.15) is 0 Å². The molecule has 1 N–H and O–H groups in total. The quantitative estimate of drug-likeness (QED) is 0.860. The van der Waals surface area contributed by atoms with E-state index in [-0.39, 0.29) is 0 Å². The summed E-state index contributed by atoms with van der Waals surface area (Å²) in [7, 11) is 0. The Morgan fingerprint density at radius 1 is 1.24 bits per heavy atom. The molecule has 1 aromatic rings. The molecule has 2 unspecified atom stereocenters. The lowest BCUT2D eigenvalue weighted by atomic mass is 9.80. The number of rotatable bonds is 4. The van der Waals surface area contributed by atoms with Crippen LogP contribution in [0.4, 0.5) is 5.95 Å². The molecule has 3 nitrogen and oxygen atoms in total. The van der Waals surface area contributed by atoms with E-state index >= 15 is 0 Å². The van der Waals surface area contributed by atoms with Gasteiger partial charge in [0.1, 0.15) is 0 Å². The molecule has 1 aliphatic rings. The number of halogens is 2. The van der Waals surface area contributed by atoms with Crippen LogP contribution in [-0.2, 0) is 0 Å². The molecule has 0 radical (unpaired) electrons. The maximum Gasteiger partial charge on any atom is 0.222 e. The van der Waals surface area contributed by atoms with E-state index in [0.29, 0.717) is 17.8 Å². The van der Waals surface area contributed by atoms with Crippen molar-refractivity contribution in [3.8, 4) is 0 Å². The van der Waals surface area contributed by atoms with Gasteiger partial charge in [0.15, 0.2) is 0 Å². The number of alkyl halides is 1. The first-order valence-corrected chi connectivity index (χ1v) is 7.39. The first-order chi connectivity index (χ1) is 8.29. The molecule has 1 aliphatic carbocycles. The van der Waals surface area contributed by atoms with Gasteiger partial charge in [0.2, 0.25) is 5.95 Å². The minimum atomic E-state index is 0.647. The Kier molecular flexibility index (Phi) is 5.04. The largest absolute Gasteiger partial charge is 0.354 e. The molecule has 0 aliphatic heterocycles. The molecule has 17 heavy (non-hydrogen) atoms. The molecule has 0 amide bonds. The summed E-state index contributed by atoms with van der Waals surface area (Å²) in [6.07, 6.45) is 8.69. The summed E-state index contributed by atoms with van der Waals surface area (Å²) in [5, 5.41) is 3.30.